The van der Waals surface area contributed by atoms with E-state index in [0.29, 0.717) is 22.8 Å². The number of hydrogen-bond acceptors (Lipinski definition) is 7. The van der Waals surface area contributed by atoms with Crippen molar-refractivity contribution in [2.45, 2.75) is 44.4 Å². The molecule has 1 amide bonds. The number of ketones is 1. The molecule has 1 aliphatic heterocycles. The van der Waals surface area contributed by atoms with E-state index in [1.807, 2.05) is 66.7 Å². The predicted molar refractivity (Wildman–Crippen MR) is 173 cm³/mol. The lowest BCUT2D eigenvalue weighted by Crippen LogP contribution is -2.38. The van der Waals surface area contributed by atoms with Gasteiger partial charge in [0.25, 0.3) is 0 Å². The standard InChI is InChI=1S/C36H37NO6S/c1-24(40)30-8-5-9-31(21-30)37-33(41)20-25-10-16-29(17-11-25)36-42-32(23-44-19-18-38)34(27-6-3-2-4-7-27)35(43-36)28-14-12-26(22-39)13-15-28/h2-17,21,32,34-36,38-39H,18-20,22-23H2,1H3,(H,37,41). The lowest BCUT2D eigenvalue weighted by Gasteiger charge is -2.43. The summed E-state index contributed by atoms with van der Waals surface area (Å²) >= 11 is 1.64. The van der Waals surface area contributed by atoms with Crippen molar-refractivity contribution in [1.29, 1.82) is 0 Å². The number of anilines is 1. The molecule has 0 saturated carbocycles. The fourth-order valence-electron chi connectivity index (χ4n) is 5.41. The maximum absolute atomic E-state index is 12.8. The van der Waals surface area contributed by atoms with E-state index in [0.717, 1.165) is 27.8 Å². The number of aliphatic hydroxyl groups excluding tert-OH is 2. The molecule has 4 atom stereocenters. The zero-order valence-corrected chi connectivity index (χ0v) is 25.4. The minimum Gasteiger partial charge on any atom is -0.396 e. The van der Waals surface area contributed by atoms with E-state index in [1.54, 1.807) is 36.0 Å². The largest absolute Gasteiger partial charge is 0.396 e. The van der Waals surface area contributed by atoms with Gasteiger partial charge < -0.3 is 25.0 Å². The van der Waals surface area contributed by atoms with Crippen LogP contribution in [-0.2, 0) is 27.3 Å². The Morgan fingerprint density at radius 3 is 2.18 bits per heavy atom. The molecule has 0 spiro atoms. The molecule has 44 heavy (non-hydrogen) atoms. The third-order valence-electron chi connectivity index (χ3n) is 7.66. The molecule has 7 nitrogen and oxygen atoms in total. The Hall–Kier alpha value is -3.79. The zero-order valence-electron chi connectivity index (χ0n) is 24.6. The fraction of sp³-hybridized carbons (Fsp3) is 0.278. The summed E-state index contributed by atoms with van der Waals surface area (Å²) in [6.07, 6.45) is -0.992. The van der Waals surface area contributed by atoms with Crippen LogP contribution in [0.4, 0.5) is 5.69 Å². The average Bonchev–Trinajstić information content (AvgIpc) is 3.05. The fourth-order valence-corrected chi connectivity index (χ4v) is 6.23. The molecule has 0 bridgehead atoms. The molecule has 0 aliphatic carbocycles. The number of carbonyl (C=O) groups is 2. The molecule has 1 fully saturated rings. The maximum Gasteiger partial charge on any atom is 0.228 e. The molecule has 0 radical (unpaired) electrons. The molecule has 4 aromatic carbocycles. The first-order valence-electron chi connectivity index (χ1n) is 14.7. The Morgan fingerprint density at radius 1 is 0.795 bits per heavy atom. The van der Waals surface area contributed by atoms with E-state index < -0.39 is 6.29 Å². The van der Waals surface area contributed by atoms with E-state index in [-0.39, 0.29) is 49.5 Å². The van der Waals surface area contributed by atoms with Gasteiger partial charge in [0.15, 0.2) is 12.1 Å². The lowest BCUT2D eigenvalue weighted by molar-refractivity contribution is -0.255. The summed E-state index contributed by atoms with van der Waals surface area (Å²) in [6.45, 7) is 1.56. The molecular weight excluding hydrogens is 574 g/mol. The summed E-state index contributed by atoms with van der Waals surface area (Å²) in [5, 5.41) is 21.9. The molecule has 4 unspecified atom stereocenters. The van der Waals surface area contributed by atoms with Crippen LogP contribution in [0.15, 0.2) is 103 Å². The minimum atomic E-state index is -0.644. The quantitative estimate of drug-likeness (QED) is 0.129. The van der Waals surface area contributed by atoms with Gasteiger partial charge in [-0.2, -0.15) is 11.8 Å². The van der Waals surface area contributed by atoms with Crippen molar-refractivity contribution in [3.8, 4) is 0 Å². The molecule has 1 saturated heterocycles. The first-order valence-corrected chi connectivity index (χ1v) is 15.8. The number of aliphatic hydroxyl groups is 2. The van der Waals surface area contributed by atoms with Gasteiger partial charge in [-0.05, 0) is 41.3 Å². The normalized spacial score (nSPS) is 19.8. The van der Waals surface area contributed by atoms with Crippen molar-refractivity contribution in [2.75, 3.05) is 23.4 Å². The Kier molecular flexibility index (Phi) is 11.0. The first kappa shape index (κ1) is 31.6. The van der Waals surface area contributed by atoms with Gasteiger partial charge in [-0.1, -0.05) is 91.0 Å². The number of carbonyl (C=O) groups excluding carboxylic acids is 2. The van der Waals surface area contributed by atoms with Crippen molar-refractivity contribution in [3.63, 3.8) is 0 Å². The third kappa shape index (κ3) is 8.02. The highest BCUT2D eigenvalue weighted by Gasteiger charge is 2.41. The molecule has 5 rings (SSSR count). The second kappa shape index (κ2) is 15.3. The Morgan fingerprint density at radius 2 is 1.50 bits per heavy atom. The Bertz CT molecular complexity index is 1530. The number of rotatable bonds is 12. The summed E-state index contributed by atoms with van der Waals surface area (Å²) in [5.41, 5.74) is 5.72. The van der Waals surface area contributed by atoms with Crippen molar-refractivity contribution in [2.24, 2.45) is 0 Å². The van der Waals surface area contributed by atoms with Gasteiger partial charge in [0, 0.05) is 34.2 Å². The summed E-state index contributed by atoms with van der Waals surface area (Å²) < 4.78 is 13.4. The molecule has 4 aromatic rings. The molecule has 1 heterocycles. The summed E-state index contributed by atoms with van der Waals surface area (Å²) in [5.74, 6) is 0.953. The predicted octanol–water partition coefficient (Wildman–Crippen LogP) is 6.23. The van der Waals surface area contributed by atoms with Crippen LogP contribution in [0.2, 0.25) is 0 Å². The smallest absolute Gasteiger partial charge is 0.228 e. The van der Waals surface area contributed by atoms with E-state index in [4.69, 9.17) is 9.47 Å². The molecular formula is C36H37NO6S. The van der Waals surface area contributed by atoms with E-state index in [9.17, 15) is 19.8 Å². The monoisotopic (exact) mass is 611 g/mol. The van der Waals surface area contributed by atoms with E-state index >= 15 is 0 Å². The highest BCUT2D eigenvalue weighted by molar-refractivity contribution is 7.99. The maximum atomic E-state index is 12.8. The Labute approximate surface area is 262 Å². The van der Waals surface area contributed by atoms with Gasteiger partial charge in [0.2, 0.25) is 5.91 Å². The average molecular weight is 612 g/mol. The van der Waals surface area contributed by atoms with Crippen LogP contribution in [-0.4, -0.2) is 46.1 Å². The van der Waals surface area contributed by atoms with Crippen LogP contribution in [0.25, 0.3) is 0 Å². The highest BCUT2D eigenvalue weighted by Crippen LogP contribution is 2.47. The number of nitrogens with one attached hydrogen (secondary N) is 1. The SMILES string of the molecule is CC(=O)c1cccc(NC(=O)Cc2ccc(C3OC(CSCCO)C(c4ccccc4)C(c4ccc(CO)cc4)O3)cc2)c1. The minimum absolute atomic E-state index is 0.0325. The number of hydrogen-bond donors (Lipinski definition) is 3. The van der Waals surface area contributed by atoms with Crippen LogP contribution in [0, 0.1) is 0 Å². The van der Waals surface area contributed by atoms with Crippen molar-refractivity contribution in [3.05, 3.63) is 137 Å². The number of benzene rings is 4. The van der Waals surface area contributed by atoms with Gasteiger partial charge in [-0.15, -0.1) is 0 Å². The van der Waals surface area contributed by atoms with Crippen molar-refractivity contribution < 1.29 is 29.3 Å². The Balaban J connectivity index is 1.36. The van der Waals surface area contributed by atoms with Gasteiger partial charge in [-0.3, -0.25) is 9.59 Å². The summed E-state index contributed by atoms with van der Waals surface area (Å²) in [6, 6.07) is 32.6. The van der Waals surface area contributed by atoms with Crippen LogP contribution < -0.4 is 5.32 Å². The molecule has 0 aromatic heterocycles. The number of thioether (sulfide) groups is 1. The van der Waals surface area contributed by atoms with Crippen LogP contribution >= 0.6 is 11.8 Å². The molecule has 8 heteroatoms. The van der Waals surface area contributed by atoms with Crippen LogP contribution in [0.1, 0.15) is 63.4 Å². The first-order chi connectivity index (χ1) is 21.4. The lowest BCUT2D eigenvalue weighted by atomic mass is 9.84. The van der Waals surface area contributed by atoms with Gasteiger partial charge in [-0.25, -0.2) is 0 Å². The van der Waals surface area contributed by atoms with Crippen LogP contribution in [0.5, 0.6) is 0 Å². The van der Waals surface area contributed by atoms with Gasteiger partial charge >= 0.3 is 0 Å². The number of ether oxygens (including phenoxy) is 2. The van der Waals surface area contributed by atoms with Crippen molar-refractivity contribution in [1.82, 2.24) is 0 Å². The highest BCUT2D eigenvalue weighted by atomic mass is 32.2. The second-order valence-corrected chi connectivity index (χ2v) is 12.0. The number of Topliss-reactive ketones (excluding diaryl/α,β-unsaturated/α-hetero) is 1. The third-order valence-corrected chi connectivity index (χ3v) is 8.69. The summed E-state index contributed by atoms with van der Waals surface area (Å²) in [7, 11) is 0. The van der Waals surface area contributed by atoms with Gasteiger partial charge in [0.1, 0.15) is 0 Å². The van der Waals surface area contributed by atoms with Gasteiger partial charge in [0.05, 0.1) is 31.8 Å². The molecule has 3 N–H and O–H groups in total. The molecule has 1 aliphatic rings. The van der Waals surface area contributed by atoms with Crippen LogP contribution in [0.3, 0.4) is 0 Å². The van der Waals surface area contributed by atoms with E-state index in [1.165, 1.54) is 6.92 Å². The molecule has 228 valence electrons. The zero-order chi connectivity index (χ0) is 30.9. The van der Waals surface area contributed by atoms with E-state index in [2.05, 4.69) is 17.4 Å². The second-order valence-electron chi connectivity index (χ2n) is 10.8. The van der Waals surface area contributed by atoms with Crippen molar-refractivity contribution >= 4 is 29.1 Å². The number of amides is 1. The topological polar surface area (TPSA) is 105 Å². The summed E-state index contributed by atoms with van der Waals surface area (Å²) in [4.78, 5) is 24.4.